The van der Waals surface area contributed by atoms with E-state index >= 15 is 0 Å². The molecule has 2 saturated heterocycles. The van der Waals surface area contributed by atoms with Crippen LogP contribution in [-0.2, 0) is 11.3 Å². The molecule has 2 bridgehead atoms. The third kappa shape index (κ3) is 2.91. The molecule has 2 fully saturated rings. The Labute approximate surface area is 154 Å². The van der Waals surface area contributed by atoms with E-state index in [4.69, 9.17) is 5.73 Å². The molecule has 0 saturated carbocycles. The summed E-state index contributed by atoms with van der Waals surface area (Å²) in [5.74, 6) is 0.173. The van der Waals surface area contributed by atoms with E-state index in [0.29, 0.717) is 19.4 Å². The summed E-state index contributed by atoms with van der Waals surface area (Å²) in [5, 5.41) is 11.3. The molecule has 6 heteroatoms. The Kier molecular flexibility index (Phi) is 4.28. The SMILES string of the molecule is CC(C)[C@H](N)C(=O)N1[C@@H]2CC[C@H]1CC(O)(Cn1ccc3ncccc31)C2. The van der Waals surface area contributed by atoms with E-state index in [1.807, 2.05) is 43.1 Å². The van der Waals surface area contributed by atoms with Crippen molar-refractivity contribution < 1.29 is 9.90 Å². The van der Waals surface area contributed by atoms with Crippen LogP contribution < -0.4 is 5.73 Å². The van der Waals surface area contributed by atoms with Gasteiger partial charge >= 0.3 is 0 Å². The molecule has 2 aliphatic heterocycles. The molecule has 2 aromatic heterocycles. The Balaban J connectivity index is 1.53. The minimum Gasteiger partial charge on any atom is -0.388 e. The highest BCUT2D eigenvalue weighted by atomic mass is 16.3. The molecule has 3 N–H and O–H groups in total. The van der Waals surface area contributed by atoms with Crippen LogP contribution in [0.3, 0.4) is 0 Å². The van der Waals surface area contributed by atoms with Gasteiger partial charge in [0.15, 0.2) is 0 Å². The van der Waals surface area contributed by atoms with Crippen LogP contribution in [0.25, 0.3) is 11.0 Å². The zero-order valence-electron chi connectivity index (χ0n) is 15.5. The number of nitrogens with zero attached hydrogens (tertiary/aromatic N) is 3. The zero-order chi connectivity index (χ0) is 18.5. The van der Waals surface area contributed by atoms with Crippen molar-refractivity contribution in [3.8, 4) is 0 Å². The van der Waals surface area contributed by atoms with Gasteiger partial charge in [-0.05, 0) is 49.8 Å². The maximum Gasteiger partial charge on any atom is 0.240 e. The molecule has 140 valence electrons. The van der Waals surface area contributed by atoms with Crippen molar-refractivity contribution in [3.63, 3.8) is 0 Å². The monoisotopic (exact) mass is 356 g/mol. The van der Waals surface area contributed by atoms with Gasteiger partial charge < -0.3 is 20.3 Å². The number of aliphatic hydroxyl groups is 1. The Hall–Kier alpha value is -1.92. The highest BCUT2D eigenvalue weighted by Crippen LogP contribution is 2.42. The van der Waals surface area contributed by atoms with Gasteiger partial charge in [-0.1, -0.05) is 13.8 Å². The molecule has 0 aromatic carbocycles. The third-order valence-electron chi connectivity index (χ3n) is 6.11. The third-order valence-corrected chi connectivity index (χ3v) is 6.11. The molecule has 6 nitrogen and oxygen atoms in total. The lowest BCUT2D eigenvalue weighted by Gasteiger charge is -2.45. The van der Waals surface area contributed by atoms with Gasteiger partial charge in [0.1, 0.15) is 0 Å². The molecule has 0 aliphatic carbocycles. The Morgan fingerprint density at radius 1 is 1.35 bits per heavy atom. The van der Waals surface area contributed by atoms with Crippen LogP contribution in [0, 0.1) is 5.92 Å². The van der Waals surface area contributed by atoms with Crippen molar-refractivity contribution >= 4 is 16.9 Å². The summed E-state index contributed by atoms with van der Waals surface area (Å²) in [7, 11) is 0. The first-order valence-corrected chi connectivity index (χ1v) is 9.58. The summed E-state index contributed by atoms with van der Waals surface area (Å²) in [6.45, 7) is 4.50. The summed E-state index contributed by atoms with van der Waals surface area (Å²) in [4.78, 5) is 19.2. The van der Waals surface area contributed by atoms with E-state index in [1.165, 1.54) is 0 Å². The number of carbonyl (C=O) groups excluding carboxylic acids is 1. The Bertz CT molecular complexity index is 801. The van der Waals surface area contributed by atoms with Crippen LogP contribution in [-0.4, -0.2) is 49.2 Å². The molecule has 1 unspecified atom stereocenters. The quantitative estimate of drug-likeness (QED) is 0.876. The lowest BCUT2D eigenvalue weighted by molar-refractivity contribution is -0.144. The van der Waals surface area contributed by atoms with Crippen LogP contribution in [0.5, 0.6) is 0 Å². The topological polar surface area (TPSA) is 84.4 Å². The number of hydrogen-bond donors (Lipinski definition) is 2. The molecular formula is C20H28N4O2. The van der Waals surface area contributed by atoms with E-state index in [1.54, 1.807) is 6.20 Å². The summed E-state index contributed by atoms with van der Waals surface area (Å²) in [6.07, 6.45) is 6.91. The van der Waals surface area contributed by atoms with Gasteiger partial charge in [-0.25, -0.2) is 0 Å². The molecule has 4 heterocycles. The Morgan fingerprint density at radius 2 is 2.04 bits per heavy atom. The van der Waals surface area contributed by atoms with Crippen LogP contribution in [0.1, 0.15) is 39.5 Å². The molecule has 4 atom stereocenters. The summed E-state index contributed by atoms with van der Waals surface area (Å²) in [6, 6.07) is 5.66. The van der Waals surface area contributed by atoms with Crippen molar-refractivity contribution in [1.29, 1.82) is 0 Å². The highest BCUT2D eigenvalue weighted by Gasteiger charge is 2.50. The van der Waals surface area contributed by atoms with Crippen molar-refractivity contribution in [1.82, 2.24) is 14.5 Å². The minimum atomic E-state index is -0.799. The molecule has 4 rings (SSSR count). The van der Waals surface area contributed by atoms with Gasteiger partial charge in [-0.15, -0.1) is 0 Å². The second-order valence-corrected chi connectivity index (χ2v) is 8.38. The predicted octanol–water partition coefficient (Wildman–Crippen LogP) is 1.90. The number of aromatic nitrogens is 2. The summed E-state index contributed by atoms with van der Waals surface area (Å²) < 4.78 is 2.08. The maximum absolute atomic E-state index is 12.8. The standard InChI is InChI=1S/C20H28N4O2/c1-13(2)18(21)19(25)24-14-5-6-15(24)11-20(26,10-14)12-23-9-7-16-17(23)4-3-8-22-16/h3-4,7-9,13-15,18,26H,5-6,10-12,21H2,1-2H3/t14-,15+,18-,20?/m0/s1. The largest absolute Gasteiger partial charge is 0.388 e. The fourth-order valence-electron chi connectivity index (χ4n) is 4.74. The van der Waals surface area contributed by atoms with Crippen LogP contribution in [0.15, 0.2) is 30.6 Å². The molecule has 0 radical (unpaired) electrons. The smallest absolute Gasteiger partial charge is 0.240 e. The molecule has 26 heavy (non-hydrogen) atoms. The average molecular weight is 356 g/mol. The van der Waals surface area contributed by atoms with Gasteiger partial charge in [0.25, 0.3) is 0 Å². The second kappa shape index (κ2) is 6.35. The van der Waals surface area contributed by atoms with Crippen LogP contribution in [0.2, 0.25) is 0 Å². The number of piperidine rings is 1. The van der Waals surface area contributed by atoms with E-state index in [2.05, 4.69) is 9.55 Å². The molecule has 0 spiro atoms. The number of rotatable bonds is 4. The van der Waals surface area contributed by atoms with E-state index in [-0.39, 0.29) is 23.9 Å². The van der Waals surface area contributed by atoms with E-state index in [9.17, 15) is 9.90 Å². The number of hydrogen-bond acceptors (Lipinski definition) is 4. The van der Waals surface area contributed by atoms with Crippen molar-refractivity contribution in [2.24, 2.45) is 11.7 Å². The lowest BCUT2D eigenvalue weighted by Crippen LogP contribution is -2.58. The first-order valence-electron chi connectivity index (χ1n) is 9.58. The summed E-state index contributed by atoms with van der Waals surface area (Å²) >= 11 is 0. The first-order chi connectivity index (χ1) is 12.4. The fourth-order valence-corrected chi connectivity index (χ4v) is 4.74. The number of carbonyl (C=O) groups is 1. The molecule has 2 aromatic rings. The number of amides is 1. The highest BCUT2D eigenvalue weighted by molar-refractivity contribution is 5.83. The number of fused-ring (bicyclic) bond motifs is 3. The van der Waals surface area contributed by atoms with E-state index in [0.717, 1.165) is 23.9 Å². The molecule has 1 amide bonds. The summed E-state index contributed by atoms with van der Waals surface area (Å²) in [5.41, 5.74) is 7.29. The van der Waals surface area contributed by atoms with Gasteiger partial charge in [0.05, 0.1) is 29.2 Å². The number of pyridine rings is 1. The van der Waals surface area contributed by atoms with E-state index < -0.39 is 11.6 Å². The van der Waals surface area contributed by atoms with Crippen molar-refractivity contribution in [2.45, 2.75) is 69.8 Å². The maximum atomic E-state index is 12.8. The van der Waals surface area contributed by atoms with Crippen molar-refractivity contribution in [3.05, 3.63) is 30.6 Å². The molecule has 2 aliphatic rings. The lowest BCUT2D eigenvalue weighted by atomic mass is 9.85. The van der Waals surface area contributed by atoms with Gasteiger partial charge in [-0.3, -0.25) is 9.78 Å². The zero-order valence-corrected chi connectivity index (χ0v) is 15.5. The van der Waals surface area contributed by atoms with Crippen LogP contribution >= 0.6 is 0 Å². The minimum absolute atomic E-state index is 0.0464. The molecular weight excluding hydrogens is 328 g/mol. The van der Waals surface area contributed by atoms with Gasteiger partial charge in [0, 0.05) is 24.5 Å². The van der Waals surface area contributed by atoms with Crippen LogP contribution in [0.4, 0.5) is 0 Å². The van der Waals surface area contributed by atoms with Crippen molar-refractivity contribution in [2.75, 3.05) is 0 Å². The average Bonchev–Trinajstić information content (AvgIpc) is 3.13. The Morgan fingerprint density at radius 3 is 2.69 bits per heavy atom. The fraction of sp³-hybridized carbons (Fsp3) is 0.600. The predicted molar refractivity (Wildman–Crippen MR) is 100 cm³/mol. The van der Waals surface area contributed by atoms with Gasteiger partial charge in [-0.2, -0.15) is 0 Å². The van der Waals surface area contributed by atoms with Gasteiger partial charge in [0.2, 0.25) is 5.91 Å². The normalized spacial score (nSPS) is 29.5. The first kappa shape index (κ1) is 17.5. The number of nitrogens with two attached hydrogens (primary N) is 1. The second-order valence-electron chi connectivity index (χ2n) is 8.38.